The molecule has 1 fully saturated rings. The Kier molecular flexibility index (Phi) is 7.55. The Morgan fingerprint density at radius 3 is 2.86 bits per heavy atom. The minimum absolute atomic E-state index is 0.246. The normalized spacial score (nSPS) is 15.9. The molecule has 0 aliphatic carbocycles. The molecule has 9 heteroatoms. The summed E-state index contributed by atoms with van der Waals surface area (Å²) in [5, 5.41) is 7.00. The summed E-state index contributed by atoms with van der Waals surface area (Å²) < 4.78 is 12.6. The van der Waals surface area contributed by atoms with Crippen LogP contribution < -0.4 is 10.6 Å². The second-order valence-corrected chi connectivity index (χ2v) is 9.58. The molecule has 3 amide bonds. The lowest BCUT2D eigenvalue weighted by Crippen LogP contribution is -2.41. The van der Waals surface area contributed by atoms with Crippen LogP contribution in [0.4, 0.5) is 4.79 Å². The van der Waals surface area contributed by atoms with Crippen LogP contribution in [-0.2, 0) is 19.1 Å². The molecule has 9 nitrogen and oxygen atoms in total. The highest BCUT2D eigenvalue weighted by Gasteiger charge is 2.30. The van der Waals surface area contributed by atoms with E-state index in [1.165, 1.54) is 0 Å². The maximum atomic E-state index is 12.6. The van der Waals surface area contributed by atoms with Crippen molar-refractivity contribution in [1.82, 2.24) is 20.2 Å². The third-order valence-corrected chi connectivity index (χ3v) is 5.62. The van der Waals surface area contributed by atoms with Gasteiger partial charge in [-0.1, -0.05) is 11.8 Å². The van der Waals surface area contributed by atoms with Crippen molar-refractivity contribution in [3.05, 3.63) is 42.1 Å². The number of fused-ring (bicyclic) bond motifs is 3. The Bertz CT molecular complexity index is 1360. The lowest BCUT2D eigenvalue weighted by molar-refractivity contribution is -0.135. The Labute approximate surface area is 209 Å². The van der Waals surface area contributed by atoms with Gasteiger partial charge in [-0.2, -0.15) is 0 Å². The summed E-state index contributed by atoms with van der Waals surface area (Å²) in [6.07, 6.45) is 2.65. The molecule has 2 N–H and O–H groups in total. The van der Waals surface area contributed by atoms with Gasteiger partial charge in [0.05, 0.1) is 5.52 Å². The van der Waals surface area contributed by atoms with Gasteiger partial charge in [0.1, 0.15) is 23.9 Å². The van der Waals surface area contributed by atoms with Gasteiger partial charge < -0.3 is 19.4 Å². The number of hydrogen-bond donors (Lipinski definition) is 2. The Hall–Kier alpha value is -3.90. The molecule has 0 saturated carbocycles. The van der Waals surface area contributed by atoms with Gasteiger partial charge >= 0.3 is 6.09 Å². The lowest BCUT2D eigenvalue weighted by Gasteiger charge is -2.23. The van der Waals surface area contributed by atoms with E-state index < -0.39 is 17.7 Å². The van der Waals surface area contributed by atoms with Gasteiger partial charge in [-0.15, -0.1) is 0 Å². The van der Waals surface area contributed by atoms with Crippen molar-refractivity contribution in [3.63, 3.8) is 0 Å². The summed E-state index contributed by atoms with van der Waals surface area (Å²) in [6, 6.07) is 9.17. The molecular formula is C27H30N4O5. The Morgan fingerprint density at radius 1 is 1.25 bits per heavy atom. The molecule has 0 radical (unpaired) electrons. The lowest BCUT2D eigenvalue weighted by atomic mass is 10.1. The van der Waals surface area contributed by atoms with Crippen LogP contribution in [0.3, 0.4) is 0 Å². The van der Waals surface area contributed by atoms with E-state index in [-0.39, 0.29) is 18.4 Å². The van der Waals surface area contributed by atoms with Gasteiger partial charge in [-0.25, -0.2) is 9.78 Å². The third-order valence-electron chi connectivity index (χ3n) is 5.62. The Morgan fingerprint density at radius 2 is 2.08 bits per heavy atom. The molecular weight excluding hydrogens is 460 g/mol. The first kappa shape index (κ1) is 25.2. The van der Waals surface area contributed by atoms with E-state index in [2.05, 4.69) is 27.5 Å². The smallest absolute Gasteiger partial charge is 0.407 e. The van der Waals surface area contributed by atoms with Crippen molar-refractivity contribution < 1.29 is 23.9 Å². The number of benzene rings is 1. The van der Waals surface area contributed by atoms with E-state index in [9.17, 15) is 14.4 Å². The van der Waals surface area contributed by atoms with Gasteiger partial charge in [0.2, 0.25) is 11.8 Å². The minimum atomic E-state index is -0.518. The third kappa shape index (κ3) is 6.01. The molecule has 0 bridgehead atoms. The molecule has 3 heterocycles. The van der Waals surface area contributed by atoms with E-state index in [0.29, 0.717) is 38.1 Å². The predicted molar refractivity (Wildman–Crippen MR) is 135 cm³/mol. The fourth-order valence-corrected chi connectivity index (χ4v) is 4.14. The van der Waals surface area contributed by atoms with E-state index in [4.69, 9.17) is 9.47 Å². The second kappa shape index (κ2) is 10.8. The van der Waals surface area contributed by atoms with E-state index >= 15 is 0 Å². The number of nitrogens with zero attached hydrogens (tertiary/aromatic N) is 2. The van der Waals surface area contributed by atoms with Gasteiger partial charge in [0, 0.05) is 42.1 Å². The van der Waals surface area contributed by atoms with Gasteiger partial charge in [-0.05, 0) is 63.9 Å². The summed E-state index contributed by atoms with van der Waals surface area (Å²) in [7, 11) is 0. The number of rotatable bonds is 6. The maximum Gasteiger partial charge on any atom is 0.407 e. The number of piperidine rings is 1. The summed E-state index contributed by atoms with van der Waals surface area (Å²) in [6.45, 7) is 6.65. The van der Waals surface area contributed by atoms with Crippen molar-refractivity contribution in [2.24, 2.45) is 0 Å². The summed E-state index contributed by atoms with van der Waals surface area (Å²) in [5.41, 5.74) is 1.88. The molecule has 4 rings (SSSR count). The average molecular weight is 491 g/mol. The summed E-state index contributed by atoms with van der Waals surface area (Å²) in [4.78, 5) is 40.3. The molecule has 2 aromatic heterocycles. The topological polar surface area (TPSA) is 112 Å². The number of aromatic nitrogens is 2. The van der Waals surface area contributed by atoms with Crippen LogP contribution in [0.15, 0.2) is 36.5 Å². The standard InChI is InChI=1S/C27H30N4O5/c1-27(2,3)36-26(34)29-14-6-16-35-15-5-7-18-9-10-21-20(17-18)19-8-4-13-28-24(19)31(21)22-11-12-23(32)30-25(22)33/h4,8-10,13,17,22H,6,11-12,14-16H2,1-3H3,(H,29,34)(H,30,32,33). The minimum Gasteiger partial charge on any atom is -0.444 e. The average Bonchev–Trinajstić information content (AvgIpc) is 3.13. The van der Waals surface area contributed by atoms with Crippen LogP contribution in [0, 0.1) is 11.8 Å². The predicted octanol–water partition coefficient (Wildman–Crippen LogP) is 3.45. The number of carbonyl (C=O) groups excluding carboxylic acids is 3. The number of imide groups is 1. The fourth-order valence-electron chi connectivity index (χ4n) is 4.14. The molecule has 1 aromatic carbocycles. The van der Waals surface area contributed by atoms with E-state index in [1.54, 1.807) is 6.20 Å². The van der Waals surface area contributed by atoms with Crippen LogP contribution in [0.2, 0.25) is 0 Å². The molecule has 3 aromatic rings. The van der Waals surface area contributed by atoms with Crippen molar-refractivity contribution in [1.29, 1.82) is 0 Å². The van der Waals surface area contributed by atoms with Crippen LogP contribution >= 0.6 is 0 Å². The van der Waals surface area contributed by atoms with Crippen LogP contribution in [0.25, 0.3) is 21.9 Å². The van der Waals surface area contributed by atoms with Crippen molar-refractivity contribution in [3.8, 4) is 11.8 Å². The molecule has 188 valence electrons. The number of pyridine rings is 1. The molecule has 36 heavy (non-hydrogen) atoms. The number of carbonyl (C=O) groups is 3. The number of alkyl carbamates (subject to hydrolysis) is 1. The summed E-state index contributed by atoms with van der Waals surface area (Å²) >= 11 is 0. The van der Waals surface area contributed by atoms with Gasteiger partial charge in [0.25, 0.3) is 0 Å². The first-order valence-corrected chi connectivity index (χ1v) is 12.0. The van der Waals surface area contributed by atoms with Crippen LogP contribution in [0.1, 0.15) is 51.6 Å². The largest absolute Gasteiger partial charge is 0.444 e. The molecule has 1 aliphatic rings. The zero-order valence-corrected chi connectivity index (χ0v) is 20.7. The second-order valence-electron chi connectivity index (χ2n) is 9.58. The summed E-state index contributed by atoms with van der Waals surface area (Å²) in [5.74, 6) is 5.59. The molecule has 0 spiro atoms. The van der Waals surface area contributed by atoms with Gasteiger partial charge in [-0.3, -0.25) is 14.9 Å². The first-order chi connectivity index (χ1) is 17.2. The molecule has 1 aliphatic heterocycles. The van der Waals surface area contributed by atoms with Crippen LogP contribution in [0.5, 0.6) is 0 Å². The van der Waals surface area contributed by atoms with Crippen molar-refractivity contribution in [2.45, 2.75) is 51.7 Å². The quantitative estimate of drug-likeness (QED) is 0.311. The van der Waals surface area contributed by atoms with Crippen LogP contribution in [-0.4, -0.2) is 52.8 Å². The van der Waals surface area contributed by atoms with Crippen molar-refractivity contribution >= 4 is 39.8 Å². The first-order valence-electron chi connectivity index (χ1n) is 12.0. The maximum absolute atomic E-state index is 12.6. The highest BCUT2D eigenvalue weighted by molar-refractivity contribution is 6.09. The highest BCUT2D eigenvalue weighted by Crippen LogP contribution is 2.33. The van der Waals surface area contributed by atoms with E-state index in [1.807, 2.05) is 55.7 Å². The SMILES string of the molecule is CC(C)(C)OC(=O)NCCCOCC#Cc1ccc2c(c1)c1cccnc1n2C1CCC(=O)NC1=O. The van der Waals surface area contributed by atoms with Crippen molar-refractivity contribution in [2.75, 3.05) is 19.8 Å². The van der Waals surface area contributed by atoms with Gasteiger partial charge in [0.15, 0.2) is 0 Å². The fraction of sp³-hybridized carbons (Fsp3) is 0.407. The number of hydrogen-bond acceptors (Lipinski definition) is 6. The zero-order chi connectivity index (χ0) is 25.7. The monoisotopic (exact) mass is 490 g/mol. The highest BCUT2D eigenvalue weighted by atomic mass is 16.6. The molecule has 1 saturated heterocycles. The number of ether oxygens (including phenoxy) is 2. The molecule has 1 atom stereocenters. The number of nitrogens with one attached hydrogen (secondary N) is 2. The Balaban J connectivity index is 1.39. The molecule has 1 unspecified atom stereocenters. The zero-order valence-electron chi connectivity index (χ0n) is 20.7. The van der Waals surface area contributed by atoms with E-state index in [0.717, 1.165) is 21.9 Å². The number of amides is 3.